The lowest BCUT2D eigenvalue weighted by Gasteiger charge is -2.19. The second kappa shape index (κ2) is 5.65. The van der Waals surface area contributed by atoms with Crippen molar-refractivity contribution in [2.75, 3.05) is 24.8 Å². The van der Waals surface area contributed by atoms with Gasteiger partial charge in [-0.3, -0.25) is 4.79 Å². The molecule has 0 aliphatic carbocycles. The molecule has 0 spiro atoms. The van der Waals surface area contributed by atoms with Crippen LogP contribution in [0.5, 0.6) is 5.75 Å². The Hall–Kier alpha value is -2.49. The van der Waals surface area contributed by atoms with Gasteiger partial charge in [0.25, 0.3) is 5.91 Å². The van der Waals surface area contributed by atoms with E-state index in [9.17, 15) is 4.79 Å². The van der Waals surface area contributed by atoms with Crippen LogP contribution in [-0.4, -0.2) is 20.1 Å². The average Bonchev–Trinajstić information content (AvgIpc) is 2.46. The Morgan fingerprint density at radius 1 is 1.15 bits per heavy atom. The fourth-order valence-corrected chi connectivity index (χ4v) is 2.02. The van der Waals surface area contributed by atoms with E-state index in [1.807, 2.05) is 31.2 Å². The number of hydrogen-bond donors (Lipinski definition) is 1. The Morgan fingerprint density at radius 3 is 2.40 bits per heavy atom. The third-order valence-electron chi connectivity index (χ3n) is 3.21. The van der Waals surface area contributed by atoms with Gasteiger partial charge in [0.15, 0.2) is 5.75 Å². The average molecular weight is 270 g/mol. The summed E-state index contributed by atoms with van der Waals surface area (Å²) in [6.07, 6.45) is 0. The van der Waals surface area contributed by atoms with Gasteiger partial charge in [-0.05, 0) is 31.2 Å². The van der Waals surface area contributed by atoms with Gasteiger partial charge in [0, 0.05) is 12.7 Å². The summed E-state index contributed by atoms with van der Waals surface area (Å²) in [6, 6.07) is 12.9. The van der Waals surface area contributed by atoms with Crippen LogP contribution < -0.4 is 15.4 Å². The molecule has 2 N–H and O–H groups in total. The largest absolute Gasteiger partial charge is 0.494 e. The first-order valence-electron chi connectivity index (χ1n) is 6.31. The van der Waals surface area contributed by atoms with Crippen LogP contribution in [0.25, 0.3) is 0 Å². The van der Waals surface area contributed by atoms with Crippen LogP contribution in [0.15, 0.2) is 42.5 Å². The first-order valence-corrected chi connectivity index (χ1v) is 6.31. The second-order valence-corrected chi connectivity index (χ2v) is 4.63. The number of nitrogens with two attached hydrogens (primary N) is 1. The maximum Gasteiger partial charge on any atom is 0.261 e. The Bertz CT molecular complexity index is 621. The number of benzene rings is 2. The molecule has 0 unspecified atom stereocenters. The predicted octanol–water partition coefficient (Wildman–Crippen LogP) is 2.86. The van der Waals surface area contributed by atoms with Gasteiger partial charge in [-0.1, -0.05) is 23.8 Å². The van der Waals surface area contributed by atoms with E-state index in [-0.39, 0.29) is 5.91 Å². The van der Waals surface area contributed by atoms with Crippen LogP contribution >= 0.6 is 0 Å². The molecule has 2 aromatic carbocycles. The summed E-state index contributed by atoms with van der Waals surface area (Å²) in [7, 11) is 3.24. The minimum atomic E-state index is -0.155. The van der Waals surface area contributed by atoms with E-state index in [1.165, 1.54) is 7.11 Å². The van der Waals surface area contributed by atoms with Crippen molar-refractivity contribution in [1.82, 2.24) is 0 Å². The second-order valence-electron chi connectivity index (χ2n) is 4.63. The van der Waals surface area contributed by atoms with Crippen molar-refractivity contribution in [2.24, 2.45) is 0 Å². The summed E-state index contributed by atoms with van der Waals surface area (Å²) in [6.45, 7) is 2.01. The van der Waals surface area contributed by atoms with Gasteiger partial charge in [0.05, 0.1) is 18.4 Å². The van der Waals surface area contributed by atoms with Crippen LogP contribution in [0, 0.1) is 6.92 Å². The van der Waals surface area contributed by atoms with Crippen molar-refractivity contribution in [2.45, 2.75) is 6.92 Å². The van der Waals surface area contributed by atoms with E-state index >= 15 is 0 Å². The molecule has 0 saturated carbocycles. The third kappa shape index (κ3) is 2.59. The van der Waals surface area contributed by atoms with E-state index in [2.05, 4.69) is 0 Å². The summed E-state index contributed by atoms with van der Waals surface area (Å²) in [5.74, 6) is 0.259. The van der Waals surface area contributed by atoms with Crippen LogP contribution in [-0.2, 0) is 0 Å². The molecule has 0 aliphatic rings. The summed E-state index contributed by atoms with van der Waals surface area (Å²) < 4.78 is 5.23. The number of amides is 1. The van der Waals surface area contributed by atoms with Crippen molar-refractivity contribution in [3.05, 3.63) is 53.6 Å². The topological polar surface area (TPSA) is 55.6 Å². The van der Waals surface area contributed by atoms with Crippen molar-refractivity contribution in [1.29, 1.82) is 0 Å². The zero-order valence-corrected chi connectivity index (χ0v) is 11.9. The molecule has 0 aliphatic heterocycles. The van der Waals surface area contributed by atoms with Crippen LogP contribution in [0.2, 0.25) is 0 Å². The fraction of sp³-hybridized carbons (Fsp3) is 0.188. The Balaban J connectivity index is 2.36. The van der Waals surface area contributed by atoms with Crippen LogP contribution in [0.3, 0.4) is 0 Å². The molecule has 1 amide bonds. The predicted molar refractivity (Wildman–Crippen MR) is 81.3 cm³/mol. The van der Waals surface area contributed by atoms with Gasteiger partial charge in [0.2, 0.25) is 0 Å². The summed E-state index contributed by atoms with van der Waals surface area (Å²) in [4.78, 5) is 14.1. The lowest BCUT2D eigenvalue weighted by molar-refractivity contribution is 0.0990. The number of para-hydroxylation sites is 1. The molecule has 0 atom stereocenters. The first-order chi connectivity index (χ1) is 9.54. The van der Waals surface area contributed by atoms with Crippen molar-refractivity contribution in [3.8, 4) is 5.75 Å². The maximum absolute atomic E-state index is 12.6. The lowest BCUT2D eigenvalue weighted by Crippen LogP contribution is -2.26. The van der Waals surface area contributed by atoms with Crippen molar-refractivity contribution in [3.63, 3.8) is 0 Å². The highest BCUT2D eigenvalue weighted by molar-refractivity contribution is 6.08. The third-order valence-corrected chi connectivity index (χ3v) is 3.21. The van der Waals surface area contributed by atoms with E-state index in [0.717, 1.165) is 11.3 Å². The zero-order chi connectivity index (χ0) is 14.7. The molecule has 0 bridgehead atoms. The summed E-state index contributed by atoms with van der Waals surface area (Å²) >= 11 is 0. The number of methoxy groups -OCH3 is 1. The van der Waals surface area contributed by atoms with Crippen molar-refractivity contribution < 1.29 is 9.53 Å². The standard InChI is InChI=1S/C16H18N2O2/c1-11-7-9-12(10-8-11)18(2)16(19)13-5-4-6-14(17)15(13)20-3/h4-10H,17H2,1-3H3. The summed E-state index contributed by atoms with van der Waals surface area (Å²) in [5, 5.41) is 0. The highest BCUT2D eigenvalue weighted by Crippen LogP contribution is 2.28. The van der Waals surface area contributed by atoms with E-state index in [1.54, 1.807) is 30.1 Å². The number of nitrogen functional groups attached to an aromatic ring is 1. The maximum atomic E-state index is 12.6. The van der Waals surface area contributed by atoms with Gasteiger partial charge >= 0.3 is 0 Å². The minimum absolute atomic E-state index is 0.155. The lowest BCUT2D eigenvalue weighted by atomic mass is 10.1. The molecule has 0 fully saturated rings. The molecule has 4 nitrogen and oxygen atoms in total. The number of rotatable bonds is 3. The van der Waals surface area contributed by atoms with E-state index in [0.29, 0.717) is 17.0 Å². The van der Waals surface area contributed by atoms with E-state index < -0.39 is 0 Å². The molecule has 0 heterocycles. The Morgan fingerprint density at radius 2 is 1.80 bits per heavy atom. The minimum Gasteiger partial charge on any atom is -0.494 e. The number of carbonyl (C=O) groups excluding carboxylic acids is 1. The van der Waals surface area contributed by atoms with Crippen LogP contribution in [0.1, 0.15) is 15.9 Å². The number of ether oxygens (including phenoxy) is 1. The zero-order valence-electron chi connectivity index (χ0n) is 11.9. The molecule has 20 heavy (non-hydrogen) atoms. The number of nitrogens with zero attached hydrogens (tertiary/aromatic N) is 1. The number of aryl methyl sites for hydroxylation is 1. The number of hydrogen-bond acceptors (Lipinski definition) is 3. The van der Waals surface area contributed by atoms with Crippen LogP contribution in [0.4, 0.5) is 11.4 Å². The Kier molecular flexibility index (Phi) is 3.94. The number of carbonyl (C=O) groups is 1. The molecule has 104 valence electrons. The normalized spacial score (nSPS) is 10.2. The molecule has 0 saturated heterocycles. The van der Waals surface area contributed by atoms with E-state index in [4.69, 9.17) is 10.5 Å². The highest BCUT2D eigenvalue weighted by atomic mass is 16.5. The molecule has 0 radical (unpaired) electrons. The van der Waals surface area contributed by atoms with Crippen molar-refractivity contribution >= 4 is 17.3 Å². The fourth-order valence-electron chi connectivity index (χ4n) is 2.02. The quantitative estimate of drug-likeness (QED) is 0.872. The molecular weight excluding hydrogens is 252 g/mol. The molecule has 2 aromatic rings. The highest BCUT2D eigenvalue weighted by Gasteiger charge is 2.19. The SMILES string of the molecule is COc1c(N)cccc1C(=O)N(C)c1ccc(C)cc1. The van der Waals surface area contributed by atoms with Gasteiger partial charge in [0.1, 0.15) is 0 Å². The molecular formula is C16H18N2O2. The molecule has 4 heteroatoms. The summed E-state index contributed by atoms with van der Waals surface area (Å²) in [5.41, 5.74) is 8.71. The molecule has 2 rings (SSSR count). The molecule has 0 aromatic heterocycles. The van der Waals surface area contributed by atoms with Gasteiger partial charge in [-0.25, -0.2) is 0 Å². The van der Waals surface area contributed by atoms with Gasteiger partial charge in [-0.2, -0.15) is 0 Å². The first kappa shape index (κ1) is 13.9. The smallest absolute Gasteiger partial charge is 0.261 e. The number of anilines is 2. The Labute approximate surface area is 118 Å². The monoisotopic (exact) mass is 270 g/mol. The van der Waals surface area contributed by atoms with Gasteiger partial charge < -0.3 is 15.4 Å². The van der Waals surface area contributed by atoms with Gasteiger partial charge in [-0.15, -0.1) is 0 Å².